The molecule has 132 valence electrons. The van der Waals surface area contributed by atoms with E-state index < -0.39 is 0 Å². The van der Waals surface area contributed by atoms with Crippen molar-refractivity contribution in [2.24, 2.45) is 0 Å². The Hall–Kier alpha value is -1.72. The van der Waals surface area contributed by atoms with E-state index in [-0.39, 0.29) is 5.97 Å². The molecule has 0 spiro atoms. The van der Waals surface area contributed by atoms with Crippen LogP contribution in [0.1, 0.15) is 25.3 Å². The van der Waals surface area contributed by atoms with Crippen molar-refractivity contribution >= 4 is 28.5 Å². The van der Waals surface area contributed by atoms with E-state index >= 15 is 0 Å². The minimum atomic E-state index is -0.245. The highest BCUT2D eigenvalue weighted by Gasteiger charge is 2.15. The fourth-order valence-corrected chi connectivity index (χ4v) is 3.14. The third kappa shape index (κ3) is 4.89. The van der Waals surface area contributed by atoms with Crippen LogP contribution in [-0.2, 0) is 16.0 Å². The molecule has 24 heavy (non-hydrogen) atoms. The Bertz CT molecular complexity index is 678. The maximum Gasteiger partial charge on any atom is 0.302 e. The number of nitrogens with one attached hydrogen (secondary N) is 1. The Morgan fingerprint density at radius 2 is 1.96 bits per heavy atom. The van der Waals surface area contributed by atoms with E-state index in [1.807, 2.05) is 12.1 Å². The Labute approximate surface area is 147 Å². The number of nitrogens with zero attached hydrogens (tertiary/aromatic N) is 1. The van der Waals surface area contributed by atoms with Crippen LogP contribution in [0.25, 0.3) is 10.9 Å². The first-order valence-electron chi connectivity index (χ1n) is 8.16. The predicted molar refractivity (Wildman–Crippen MR) is 96.9 cm³/mol. The molecule has 0 saturated carbocycles. The topological polar surface area (TPSA) is 54.6 Å². The van der Waals surface area contributed by atoms with Gasteiger partial charge in [-0.15, -0.1) is 0 Å². The lowest BCUT2D eigenvalue weighted by Crippen LogP contribution is -2.21. The normalized spacial score (nSPS) is 14.3. The molecule has 2 aromatic rings. The number of rotatable bonds is 4. The molecule has 0 unspecified atom stereocenters. The number of methoxy groups -OCH3 is 2. The van der Waals surface area contributed by atoms with E-state index in [1.165, 1.54) is 50.9 Å². The van der Waals surface area contributed by atoms with Gasteiger partial charge in [0.2, 0.25) is 0 Å². The number of benzene rings is 1. The van der Waals surface area contributed by atoms with Crippen LogP contribution in [0.3, 0.4) is 0 Å². The molecule has 5 nitrogen and oxygen atoms in total. The first-order chi connectivity index (χ1) is 11.5. The highest BCUT2D eigenvalue weighted by molar-refractivity contribution is 6.31. The molecule has 1 aliphatic heterocycles. The lowest BCUT2D eigenvalue weighted by atomic mass is 10.1. The Balaban J connectivity index is 0.000000368. The molecule has 1 aromatic carbocycles. The minimum Gasteiger partial charge on any atom is -0.497 e. The van der Waals surface area contributed by atoms with Gasteiger partial charge in [-0.25, -0.2) is 0 Å². The molecule has 0 aliphatic carbocycles. The highest BCUT2D eigenvalue weighted by Crippen LogP contribution is 2.30. The van der Waals surface area contributed by atoms with Gasteiger partial charge in [0.05, 0.1) is 14.2 Å². The summed E-state index contributed by atoms with van der Waals surface area (Å²) in [5, 5.41) is 1.95. The van der Waals surface area contributed by atoms with Crippen molar-refractivity contribution in [3.05, 3.63) is 28.9 Å². The SMILES string of the molecule is COC(C)=O.COc1ccc2[nH]c(Cl)c(CCN3CCCC3)c2c1. The predicted octanol–water partition coefficient (Wildman–Crippen LogP) is 3.65. The number of aromatic amines is 1. The van der Waals surface area contributed by atoms with Crippen molar-refractivity contribution in [3.63, 3.8) is 0 Å². The summed E-state index contributed by atoms with van der Waals surface area (Å²) < 4.78 is 9.41. The van der Waals surface area contributed by atoms with E-state index in [9.17, 15) is 4.79 Å². The van der Waals surface area contributed by atoms with Crippen molar-refractivity contribution < 1.29 is 14.3 Å². The molecular weight excluding hydrogens is 328 g/mol. The van der Waals surface area contributed by atoms with Crippen LogP contribution in [0.15, 0.2) is 18.2 Å². The van der Waals surface area contributed by atoms with Gasteiger partial charge in [0.15, 0.2) is 0 Å². The fraction of sp³-hybridized carbons (Fsp3) is 0.500. The second-order valence-corrected chi connectivity index (χ2v) is 6.20. The van der Waals surface area contributed by atoms with E-state index in [0.29, 0.717) is 0 Å². The minimum absolute atomic E-state index is 0.245. The molecule has 0 bridgehead atoms. The molecular formula is C18H25ClN2O3. The van der Waals surface area contributed by atoms with E-state index in [4.69, 9.17) is 16.3 Å². The van der Waals surface area contributed by atoms with E-state index in [1.54, 1.807) is 7.11 Å². The molecule has 0 atom stereocenters. The largest absolute Gasteiger partial charge is 0.497 e. The quantitative estimate of drug-likeness (QED) is 0.853. The molecule has 0 radical (unpaired) electrons. The number of H-pyrrole nitrogens is 1. The van der Waals surface area contributed by atoms with Gasteiger partial charge < -0.3 is 19.4 Å². The van der Waals surface area contributed by atoms with Crippen molar-refractivity contribution in [3.8, 4) is 5.75 Å². The maximum absolute atomic E-state index is 9.59. The second kappa shape index (κ2) is 8.94. The van der Waals surface area contributed by atoms with Crippen LogP contribution >= 0.6 is 11.6 Å². The fourth-order valence-electron chi connectivity index (χ4n) is 2.84. The summed E-state index contributed by atoms with van der Waals surface area (Å²) in [5.41, 5.74) is 2.30. The average molecular weight is 353 g/mol. The molecule has 1 aliphatic rings. The third-order valence-electron chi connectivity index (χ3n) is 4.23. The summed E-state index contributed by atoms with van der Waals surface area (Å²) in [6.45, 7) is 4.90. The van der Waals surface area contributed by atoms with Gasteiger partial charge in [-0.1, -0.05) is 11.6 Å². The molecule has 1 saturated heterocycles. The summed E-state index contributed by atoms with van der Waals surface area (Å²) >= 11 is 6.33. The van der Waals surface area contributed by atoms with E-state index in [0.717, 1.165) is 29.4 Å². The molecule has 1 N–H and O–H groups in total. The first-order valence-corrected chi connectivity index (χ1v) is 8.54. The van der Waals surface area contributed by atoms with Crippen molar-refractivity contribution in [2.45, 2.75) is 26.2 Å². The lowest BCUT2D eigenvalue weighted by Gasteiger charge is -2.14. The van der Waals surface area contributed by atoms with Gasteiger partial charge in [0.25, 0.3) is 0 Å². The summed E-state index contributed by atoms with van der Waals surface area (Å²) in [5.74, 6) is 0.635. The zero-order valence-corrected chi connectivity index (χ0v) is 15.3. The van der Waals surface area contributed by atoms with Gasteiger partial charge in [0, 0.05) is 24.4 Å². The summed E-state index contributed by atoms with van der Waals surface area (Å²) in [6, 6.07) is 6.05. The third-order valence-corrected chi connectivity index (χ3v) is 4.55. The Morgan fingerprint density at radius 1 is 1.29 bits per heavy atom. The molecule has 0 amide bonds. The number of carbonyl (C=O) groups is 1. The number of likely N-dealkylation sites (tertiary alicyclic amines) is 1. The van der Waals surface area contributed by atoms with Gasteiger partial charge in [-0.05, 0) is 56.1 Å². The van der Waals surface area contributed by atoms with Gasteiger partial charge in [-0.2, -0.15) is 0 Å². The lowest BCUT2D eigenvalue weighted by molar-refractivity contribution is -0.137. The maximum atomic E-state index is 9.59. The van der Waals surface area contributed by atoms with E-state index in [2.05, 4.69) is 20.7 Å². The molecule has 2 heterocycles. The zero-order chi connectivity index (χ0) is 17.5. The van der Waals surface area contributed by atoms with Crippen LogP contribution in [-0.4, -0.2) is 49.7 Å². The number of fused-ring (bicyclic) bond motifs is 1. The van der Waals surface area contributed by atoms with Gasteiger partial charge >= 0.3 is 5.97 Å². The highest BCUT2D eigenvalue weighted by atomic mass is 35.5. The number of aromatic nitrogens is 1. The number of halogens is 1. The first kappa shape index (κ1) is 18.6. The number of ether oxygens (including phenoxy) is 2. The number of hydrogen-bond donors (Lipinski definition) is 1. The second-order valence-electron chi connectivity index (χ2n) is 5.82. The van der Waals surface area contributed by atoms with Gasteiger partial charge in [-0.3, -0.25) is 4.79 Å². The summed E-state index contributed by atoms with van der Waals surface area (Å²) in [6.07, 6.45) is 3.65. The number of hydrogen-bond acceptors (Lipinski definition) is 4. The van der Waals surface area contributed by atoms with Crippen LogP contribution < -0.4 is 4.74 Å². The Morgan fingerprint density at radius 3 is 2.54 bits per heavy atom. The number of carbonyl (C=O) groups excluding carboxylic acids is 1. The van der Waals surface area contributed by atoms with Crippen LogP contribution in [0.4, 0.5) is 0 Å². The van der Waals surface area contributed by atoms with Crippen molar-refractivity contribution in [2.75, 3.05) is 33.9 Å². The van der Waals surface area contributed by atoms with Gasteiger partial charge in [0.1, 0.15) is 10.9 Å². The average Bonchev–Trinajstić information content (AvgIpc) is 3.20. The standard InChI is InChI=1S/C15H19ClN2O.C3H6O2/c1-19-11-4-5-14-13(10-11)12(15(16)17-14)6-9-18-7-2-3-8-18;1-3(4)5-2/h4-5,10,17H,2-3,6-9H2,1H3;1-2H3. The van der Waals surface area contributed by atoms with Crippen LogP contribution in [0.5, 0.6) is 5.75 Å². The number of esters is 1. The molecule has 3 rings (SSSR count). The summed E-state index contributed by atoms with van der Waals surface area (Å²) in [7, 11) is 3.04. The molecule has 1 aromatic heterocycles. The van der Waals surface area contributed by atoms with Crippen LogP contribution in [0, 0.1) is 0 Å². The monoisotopic (exact) mass is 352 g/mol. The smallest absolute Gasteiger partial charge is 0.302 e. The Kier molecular flexibility index (Phi) is 6.94. The molecule has 1 fully saturated rings. The zero-order valence-electron chi connectivity index (χ0n) is 14.5. The summed E-state index contributed by atoms with van der Waals surface area (Å²) in [4.78, 5) is 15.3. The van der Waals surface area contributed by atoms with Crippen LogP contribution in [0.2, 0.25) is 5.15 Å². The van der Waals surface area contributed by atoms with Crippen molar-refractivity contribution in [1.29, 1.82) is 0 Å². The van der Waals surface area contributed by atoms with Crippen molar-refractivity contribution in [1.82, 2.24) is 9.88 Å². The molecule has 6 heteroatoms.